The number of ether oxygens (including phenoxy) is 6. The molecule has 3 aromatic carbocycles. The molecule has 1 fully saturated rings. The fourth-order valence-electron chi connectivity index (χ4n) is 5.81. The molecule has 1 aliphatic heterocycles. The number of hydrogen-bond acceptors (Lipinski definition) is 7. The SMILES string of the molecule is C=CCOC[C@@H](NC(=O)C[C@@H]1O[C@H](COCC=C)[C@@H](OCc2ccccc2)[C@H](OCc2ccccc2)[C@H]1OCc1ccccc1)[C@@H](C)CC. The first kappa shape index (κ1) is 38.2. The Kier molecular flexibility index (Phi) is 16.7. The highest BCUT2D eigenvalue weighted by molar-refractivity contribution is 5.77. The molecule has 1 aliphatic rings. The Morgan fingerprint density at radius 2 is 1.20 bits per heavy atom. The van der Waals surface area contributed by atoms with Crippen molar-refractivity contribution in [1.82, 2.24) is 5.32 Å². The van der Waals surface area contributed by atoms with Crippen LogP contribution in [0.15, 0.2) is 116 Å². The van der Waals surface area contributed by atoms with Crippen LogP contribution in [0.25, 0.3) is 0 Å². The van der Waals surface area contributed by atoms with E-state index in [1.165, 1.54) is 0 Å². The second-order valence-electron chi connectivity index (χ2n) is 12.4. The lowest BCUT2D eigenvalue weighted by Crippen LogP contribution is -2.62. The molecule has 0 radical (unpaired) electrons. The van der Waals surface area contributed by atoms with Crippen LogP contribution in [-0.2, 0) is 53.0 Å². The molecule has 0 aromatic heterocycles. The van der Waals surface area contributed by atoms with Crippen molar-refractivity contribution in [3.05, 3.63) is 133 Å². The summed E-state index contributed by atoms with van der Waals surface area (Å²) < 4.78 is 38.6. The Labute approximate surface area is 292 Å². The molecule has 1 amide bonds. The zero-order valence-corrected chi connectivity index (χ0v) is 29.0. The number of benzene rings is 3. The maximum Gasteiger partial charge on any atom is 0.223 e. The Bertz CT molecular complexity index is 1360. The van der Waals surface area contributed by atoms with E-state index < -0.39 is 30.5 Å². The highest BCUT2D eigenvalue weighted by Gasteiger charge is 2.49. The van der Waals surface area contributed by atoms with Crippen molar-refractivity contribution in [3.8, 4) is 0 Å². The number of rotatable bonds is 22. The minimum Gasteiger partial charge on any atom is -0.375 e. The monoisotopic (exact) mass is 671 g/mol. The maximum atomic E-state index is 13.8. The van der Waals surface area contributed by atoms with Crippen molar-refractivity contribution >= 4 is 5.91 Å². The third kappa shape index (κ3) is 12.6. The van der Waals surface area contributed by atoms with Crippen LogP contribution in [0.2, 0.25) is 0 Å². The van der Waals surface area contributed by atoms with Crippen molar-refractivity contribution < 1.29 is 33.2 Å². The van der Waals surface area contributed by atoms with E-state index in [-0.39, 0.29) is 30.9 Å². The third-order valence-corrected chi connectivity index (χ3v) is 8.70. The normalized spacial score (nSPS) is 21.8. The summed E-state index contributed by atoms with van der Waals surface area (Å²) in [4.78, 5) is 13.8. The van der Waals surface area contributed by atoms with Crippen molar-refractivity contribution in [3.63, 3.8) is 0 Å². The molecule has 8 nitrogen and oxygen atoms in total. The number of carbonyl (C=O) groups excluding carboxylic acids is 1. The molecule has 3 aromatic rings. The van der Waals surface area contributed by atoms with Gasteiger partial charge >= 0.3 is 0 Å². The van der Waals surface area contributed by atoms with E-state index in [4.69, 9.17) is 28.4 Å². The molecule has 7 atom stereocenters. The van der Waals surface area contributed by atoms with Crippen molar-refractivity contribution in [2.75, 3.05) is 26.4 Å². The molecule has 49 heavy (non-hydrogen) atoms. The van der Waals surface area contributed by atoms with Gasteiger partial charge in [-0.15, -0.1) is 13.2 Å². The van der Waals surface area contributed by atoms with Crippen LogP contribution in [0.1, 0.15) is 43.4 Å². The van der Waals surface area contributed by atoms with Gasteiger partial charge in [-0.05, 0) is 22.6 Å². The molecular formula is C41H53NO7. The first-order valence-electron chi connectivity index (χ1n) is 17.3. The molecular weight excluding hydrogens is 618 g/mol. The van der Waals surface area contributed by atoms with Crippen molar-refractivity contribution in [2.45, 2.75) is 83.1 Å². The van der Waals surface area contributed by atoms with Crippen LogP contribution in [0.4, 0.5) is 0 Å². The largest absolute Gasteiger partial charge is 0.375 e. The number of amides is 1. The van der Waals surface area contributed by atoms with Gasteiger partial charge in [0.1, 0.15) is 24.4 Å². The summed E-state index contributed by atoms with van der Waals surface area (Å²) in [5.74, 6) is 0.0611. The van der Waals surface area contributed by atoms with Gasteiger partial charge in [0.25, 0.3) is 0 Å². The molecule has 0 bridgehead atoms. The quantitative estimate of drug-likeness (QED) is 0.0926. The van der Waals surface area contributed by atoms with Crippen LogP contribution < -0.4 is 5.32 Å². The van der Waals surface area contributed by atoms with E-state index in [0.29, 0.717) is 39.6 Å². The van der Waals surface area contributed by atoms with Crippen LogP contribution in [0, 0.1) is 5.92 Å². The zero-order chi connectivity index (χ0) is 34.7. The first-order chi connectivity index (χ1) is 24.0. The molecule has 8 heteroatoms. The molecule has 0 saturated carbocycles. The van der Waals surface area contributed by atoms with Gasteiger partial charge in [-0.1, -0.05) is 123 Å². The number of carbonyl (C=O) groups is 1. The maximum absolute atomic E-state index is 13.8. The van der Waals surface area contributed by atoms with Gasteiger partial charge in [0.05, 0.1) is 64.8 Å². The zero-order valence-electron chi connectivity index (χ0n) is 29.0. The summed E-state index contributed by atoms with van der Waals surface area (Å²) in [6.07, 6.45) is 1.39. The van der Waals surface area contributed by atoms with Gasteiger partial charge in [-0.2, -0.15) is 0 Å². The first-order valence-corrected chi connectivity index (χ1v) is 17.3. The summed E-state index contributed by atoms with van der Waals surface area (Å²) in [5.41, 5.74) is 3.04. The van der Waals surface area contributed by atoms with Gasteiger partial charge in [0, 0.05) is 0 Å². The summed E-state index contributed by atoms with van der Waals surface area (Å²) in [7, 11) is 0. The fraction of sp³-hybridized carbons (Fsp3) is 0.439. The van der Waals surface area contributed by atoms with Gasteiger partial charge in [-0.25, -0.2) is 0 Å². The Morgan fingerprint density at radius 1 is 0.735 bits per heavy atom. The molecule has 0 aliphatic carbocycles. The van der Waals surface area contributed by atoms with Gasteiger partial charge in [0.15, 0.2) is 0 Å². The average molecular weight is 672 g/mol. The lowest BCUT2D eigenvalue weighted by molar-refractivity contribution is -0.271. The Hall–Kier alpha value is -3.63. The summed E-state index contributed by atoms with van der Waals surface area (Å²) >= 11 is 0. The molecule has 4 rings (SSSR count). The van der Waals surface area contributed by atoms with E-state index in [1.54, 1.807) is 12.2 Å². The fourth-order valence-corrected chi connectivity index (χ4v) is 5.81. The van der Waals surface area contributed by atoms with E-state index in [2.05, 4.69) is 32.3 Å². The van der Waals surface area contributed by atoms with Gasteiger partial charge in [0.2, 0.25) is 5.91 Å². The van der Waals surface area contributed by atoms with Gasteiger partial charge in [-0.3, -0.25) is 4.79 Å². The molecule has 1 heterocycles. The van der Waals surface area contributed by atoms with Gasteiger partial charge < -0.3 is 33.7 Å². The predicted octanol–water partition coefficient (Wildman–Crippen LogP) is 6.84. The van der Waals surface area contributed by atoms with Crippen LogP contribution in [0.5, 0.6) is 0 Å². The number of nitrogens with one attached hydrogen (secondary N) is 1. The topological polar surface area (TPSA) is 84.5 Å². The smallest absolute Gasteiger partial charge is 0.223 e. The van der Waals surface area contributed by atoms with E-state index >= 15 is 0 Å². The number of hydrogen-bond donors (Lipinski definition) is 1. The molecule has 264 valence electrons. The molecule has 0 unspecified atom stereocenters. The van der Waals surface area contributed by atoms with Crippen LogP contribution in [0.3, 0.4) is 0 Å². The van der Waals surface area contributed by atoms with Crippen LogP contribution >= 0.6 is 0 Å². The second-order valence-corrected chi connectivity index (χ2v) is 12.4. The Balaban J connectivity index is 1.65. The minimum absolute atomic E-state index is 0.0579. The van der Waals surface area contributed by atoms with Crippen molar-refractivity contribution in [2.24, 2.45) is 5.92 Å². The Morgan fingerprint density at radius 3 is 1.69 bits per heavy atom. The highest BCUT2D eigenvalue weighted by atomic mass is 16.6. The van der Waals surface area contributed by atoms with E-state index in [9.17, 15) is 4.79 Å². The van der Waals surface area contributed by atoms with Crippen molar-refractivity contribution in [1.29, 1.82) is 0 Å². The summed E-state index contributed by atoms with van der Waals surface area (Å²) in [6, 6.07) is 29.8. The lowest BCUT2D eigenvalue weighted by atomic mass is 9.92. The highest BCUT2D eigenvalue weighted by Crippen LogP contribution is 2.32. The van der Waals surface area contributed by atoms with E-state index in [0.717, 1.165) is 23.1 Å². The lowest BCUT2D eigenvalue weighted by Gasteiger charge is -2.46. The molecule has 1 saturated heterocycles. The molecule has 0 spiro atoms. The third-order valence-electron chi connectivity index (χ3n) is 8.70. The predicted molar refractivity (Wildman–Crippen MR) is 192 cm³/mol. The second kappa shape index (κ2) is 21.5. The molecule has 1 N–H and O–H groups in total. The summed E-state index contributed by atoms with van der Waals surface area (Å²) in [6.45, 7) is 14.1. The summed E-state index contributed by atoms with van der Waals surface area (Å²) in [5, 5.41) is 3.22. The standard InChI is InChI=1S/C41H53NO7/c1-5-23-44-29-35(31(4)7-3)42-38(43)25-36-39(46-26-32-17-11-8-12-18-32)41(48-28-34-21-15-10-16-22-34)40(37(49-36)30-45-24-6-2)47-27-33-19-13-9-14-20-33/h5-6,8-22,31,35-37,39-41H,1-2,7,23-30H2,3-4H3,(H,42,43)/t31-,35+,36-,37+,39-,40+,41+/m0/s1. The average Bonchev–Trinajstić information content (AvgIpc) is 3.13. The van der Waals surface area contributed by atoms with Crippen LogP contribution in [-0.4, -0.2) is 68.9 Å². The minimum atomic E-state index is -0.648. The van der Waals surface area contributed by atoms with E-state index in [1.807, 2.05) is 91.0 Å².